The van der Waals surface area contributed by atoms with E-state index >= 15 is 0 Å². The molecule has 1 aromatic carbocycles. The maximum absolute atomic E-state index is 11.3. The molecule has 1 aliphatic carbocycles. The van der Waals surface area contributed by atoms with Crippen LogP contribution in [0.25, 0.3) is 0 Å². The second-order valence-electron chi connectivity index (χ2n) is 5.45. The van der Waals surface area contributed by atoms with Crippen LogP contribution in [0.15, 0.2) is 24.3 Å². The summed E-state index contributed by atoms with van der Waals surface area (Å²) in [7, 11) is 0. The number of hydrogen-bond acceptors (Lipinski definition) is 4. The van der Waals surface area contributed by atoms with E-state index in [0.717, 1.165) is 28.5 Å². The zero-order valence-electron chi connectivity index (χ0n) is 11.9. The molecule has 5 heteroatoms. The number of aromatic nitrogens is 1. The Bertz CT molecular complexity index is 649. The average molecular weight is 302 g/mol. The first-order valence-electron chi connectivity index (χ1n) is 7.15. The van der Waals surface area contributed by atoms with Crippen molar-refractivity contribution in [2.24, 2.45) is 0 Å². The fourth-order valence-corrected chi connectivity index (χ4v) is 3.68. The predicted octanol–water partition coefficient (Wildman–Crippen LogP) is 3.57. The Morgan fingerprint density at radius 3 is 2.90 bits per heavy atom. The smallest absolute Gasteiger partial charge is 0.312 e. The highest BCUT2D eigenvalue weighted by Gasteiger charge is 2.29. The summed E-state index contributed by atoms with van der Waals surface area (Å²) in [5.41, 5.74) is 3.21. The monoisotopic (exact) mass is 302 g/mol. The number of fused-ring (bicyclic) bond motifs is 1. The van der Waals surface area contributed by atoms with Gasteiger partial charge in [0.25, 0.3) is 0 Å². The summed E-state index contributed by atoms with van der Waals surface area (Å²) in [6.07, 6.45) is 2.58. The molecule has 0 aliphatic heterocycles. The standard InChI is InChI=1S/C16H18N2O2S/c1-10-5-7-11(8-6-10)9-17-16-18-14-12(15(19)20)3-2-4-13(14)21-16/h5-8,12H,2-4,9H2,1H3,(H,17,18)(H,19,20). The van der Waals surface area contributed by atoms with Gasteiger partial charge in [0, 0.05) is 11.4 Å². The van der Waals surface area contributed by atoms with Crippen molar-refractivity contribution < 1.29 is 9.90 Å². The second-order valence-corrected chi connectivity index (χ2v) is 6.53. The van der Waals surface area contributed by atoms with E-state index in [2.05, 4.69) is 41.5 Å². The van der Waals surface area contributed by atoms with Gasteiger partial charge in [-0.1, -0.05) is 29.8 Å². The van der Waals surface area contributed by atoms with Gasteiger partial charge >= 0.3 is 5.97 Å². The Morgan fingerprint density at radius 1 is 1.43 bits per heavy atom. The Kier molecular flexibility index (Phi) is 3.92. The van der Waals surface area contributed by atoms with Gasteiger partial charge in [0.2, 0.25) is 0 Å². The summed E-state index contributed by atoms with van der Waals surface area (Å²) in [6, 6.07) is 8.36. The van der Waals surface area contributed by atoms with E-state index in [1.807, 2.05) is 0 Å². The van der Waals surface area contributed by atoms with E-state index in [9.17, 15) is 9.90 Å². The minimum atomic E-state index is -0.758. The van der Waals surface area contributed by atoms with Crippen LogP contribution in [0.1, 0.15) is 40.5 Å². The van der Waals surface area contributed by atoms with Crippen LogP contribution in [0.4, 0.5) is 5.13 Å². The summed E-state index contributed by atoms with van der Waals surface area (Å²) in [6.45, 7) is 2.78. The number of aliphatic carboxylic acids is 1. The molecule has 1 heterocycles. The summed E-state index contributed by atoms with van der Waals surface area (Å²) >= 11 is 1.59. The van der Waals surface area contributed by atoms with E-state index in [1.165, 1.54) is 11.1 Å². The normalized spacial score (nSPS) is 17.3. The lowest BCUT2D eigenvalue weighted by molar-refractivity contribution is -0.139. The van der Waals surface area contributed by atoms with Crippen molar-refractivity contribution in [1.29, 1.82) is 0 Å². The van der Waals surface area contributed by atoms with Gasteiger partial charge in [0.15, 0.2) is 5.13 Å². The minimum Gasteiger partial charge on any atom is -0.481 e. The number of carboxylic acid groups (broad SMARTS) is 1. The molecule has 2 aromatic rings. The summed E-state index contributed by atoms with van der Waals surface area (Å²) in [5, 5.41) is 13.4. The van der Waals surface area contributed by atoms with Gasteiger partial charge in [-0.05, 0) is 31.7 Å². The third-order valence-corrected chi connectivity index (χ3v) is 4.91. The van der Waals surface area contributed by atoms with E-state index in [0.29, 0.717) is 13.0 Å². The zero-order valence-corrected chi connectivity index (χ0v) is 12.7. The minimum absolute atomic E-state index is 0.431. The highest BCUT2D eigenvalue weighted by atomic mass is 32.1. The lowest BCUT2D eigenvalue weighted by atomic mass is 9.91. The highest BCUT2D eigenvalue weighted by Crippen LogP contribution is 2.36. The number of hydrogen-bond donors (Lipinski definition) is 2. The molecule has 0 saturated heterocycles. The quantitative estimate of drug-likeness (QED) is 0.906. The lowest BCUT2D eigenvalue weighted by Crippen LogP contribution is -2.17. The Morgan fingerprint density at radius 2 is 2.19 bits per heavy atom. The van der Waals surface area contributed by atoms with Crippen LogP contribution in [-0.4, -0.2) is 16.1 Å². The van der Waals surface area contributed by atoms with Crippen molar-refractivity contribution in [3.8, 4) is 0 Å². The van der Waals surface area contributed by atoms with Gasteiger partial charge in [-0.25, -0.2) is 4.98 Å². The molecule has 0 spiro atoms. The van der Waals surface area contributed by atoms with Crippen LogP contribution < -0.4 is 5.32 Å². The Labute approximate surface area is 127 Å². The molecule has 0 radical (unpaired) electrons. The first kappa shape index (κ1) is 14.1. The molecule has 1 atom stereocenters. The predicted molar refractivity (Wildman–Crippen MR) is 83.9 cm³/mol. The van der Waals surface area contributed by atoms with Crippen LogP contribution in [0.5, 0.6) is 0 Å². The SMILES string of the molecule is Cc1ccc(CNc2nc3c(s2)CCCC3C(=O)O)cc1. The van der Waals surface area contributed by atoms with Crippen molar-refractivity contribution in [1.82, 2.24) is 4.98 Å². The molecule has 1 unspecified atom stereocenters. The van der Waals surface area contributed by atoms with Gasteiger partial charge in [0.1, 0.15) is 5.92 Å². The number of nitrogens with one attached hydrogen (secondary N) is 1. The lowest BCUT2D eigenvalue weighted by Gasteiger charge is -2.16. The maximum Gasteiger partial charge on any atom is 0.312 e. The summed E-state index contributed by atoms with van der Waals surface area (Å²) < 4.78 is 0. The van der Waals surface area contributed by atoms with Gasteiger partial charge in [-0.2, -0.15) is 0 Å². The number of carbonyl (C=O) groups is 1. The molecule has 110 valence electrons. The van der Waals surface area contributed by atoms with Crippen LogP contribution in [0.3, 0.4) is 0 Å². The first-order valence-corrected chi connectivity index (χ1v) is 7.97. The number of carboxylic acids is 1. The van der Waals surface area contributed by atoms with Crippen LogP contribution >= 0.6 is 11.3 Å². The highest BCUT2D eigenvalue weighted by molar-refractivity contribution is 7.15. The van der Waals surface area contributed by atoms with Crippen LogP contribution in [0.2, 0.25) is 0 Å². The molecular weight excluding hydrogens is 284 g/mol. The van der Waals surface area contributed by atoms with Gasteiger partial charge in [-0.15, -0.1) is 11.3 Å². The maximum atomic E-state index is 11.3. The fourth-order valence-electron chi connectivity index (χ4n) is 2.62. The van der Waals surface area contributed by atoms with Crippen molar-refractivity contribution >= 4 is 22.4 Å². The fraction of sp³-hybridized carbons (Fsp3) is 0.375. The molecule has 0 amide bonds. The topological polar surface area (TPSA) is 62.2 Å². The molecular formula is C16H18N2O2S. The number of thiazole rings is 1. The third-order valence-electron chi connectivity index (χ3n) is 3.82. The molecule has 3 rings (SSSR count). The van der Waals surface area contributed by atoms with Crippen molar-refractivity contribution in [2.45, 2.75) is 38.6 Å². The van der Waals surface area contributed by atoms with Gasteiger partial charge < -0.3 is 10.4 Å². The molecule has 0 fully saturated rings. The van der Waals surface area contributed by atoms with Gasteiger partial charge in [-0.3, -0.25) is 4.79 Å². The van der Waals surface area contributed by atoms with Crippen molar-refractivity contribution in [2.75, 3.05) is 5.32 Å². The molecule has 2 N–H and O–H groups in total. The number of benzene rings is 1. The third kappa shape index (κ3) is 3.08. The molecule has 4 nitrogen and oxygen atoms in total. The summed E-state index contributed by atoms with van der Waals surface area (Å²) in [5.74, 6) is -1.19. The molecule has 0 saturated carbocycles. The average Bonchev–Trinajstić information content (AvgIpc) is 2.89. The molecule has 21 heavy (non-hydrogen) atoms. The summed E-state index contributed by atoms with van der Waals surface area (Å²) in [4.78, 5) is 16.9. The Hall–Kier alpha value is -1.88. The van der Waals surface area contributed by atoms with Crippen molar-refractivity contribution in [3.05, 3.63) is 46.0 Å². The van der Waals surface area contributed by atoms with Gasteiger partial charge in [0.05, 0.1) is 5.69 Å². The second kappa shape index (κ2) is 5.85. The zero-order chi connectivity index (χ0) is 14.8. The number of rotatable bonds is 4. The number of aryl methyl sites for hydroxylation is 2. The molecule has 0 bridgehead atoms. The van der Waals surface area contributed by atoms with Crippen molar-refractivity contribution in [3.63, 3.8) is 0 Å². The van der Waals surface area contributed by atoms with Crippen LogP contribution in [-0.2, 0) is 17.8 Å². The first-order chi connectivity index (χ1) is 10.1. The van der Waals surface area contributed by atoms with E-state index in [-0.39, 0.29) is 0 Å². The van der Waals surface area contributed by atoms with E-state index in [1.54, 1.807) is 11.3 Å². The van der Waals surface area contributed by atoms with Crippen LogP contribution in [0, 0.1) is 6.92 Å². The molecule has 1 aromatic heterocycles. The largest absolute Gasteiger partial charge is 0.481 e. The number of anilines is 1. The Balaban J connectivity index is 1.72. The number of nitrogens with zero attached hydrogens (tertiary/aromatic N) is 1. The molecule has 1 aliphatic rings. The van der Waals surface area contributed by atoms with E-state index < -0.39 is 11.9 Å². The van der Waals surface area contributed by atoms with E-state index in [4.69, 9.17) is 0 Å².